The Kier molecular flexibility index (Phi) is 9.82. The standard InChI is InChI=1S/C23H28N6O2.C13H12BrN5/c1-15-26-20(24)19-21(27-15)29(14-25-19)13-16-5-7-17(8-6-16)18-9-11-28(12-10-18)22(30)31-23(2,3)4;1-8-17-12(15)11-13(18-8)19(7-16-11)6-9-2-4-10(14)5-3-9/h5-9,14H,10-13H2,1-4H3,(H2,24,26,27);2-5,7H,6H2,1H3,(H2,15,17,18). The molecule has 0 atom stereocenters. The Bertz CT molecular complexity index is 2180. The molecule has 1 amide bonds. The number of ether oxygens (including phenoxy) is 1. The first-order valence-electron chi connectivity index (χ1n) is 16.2. The van der Waals surface area contributed by atoms with Gasteiger partial charge in [-0.25, -0.2) is 34.7 Å². The van der Waals surface area contributed by atoms with Gasteiger partial charge in [-0.2, -0.15) is 0 Å². The second kappa shape index (κ2) is 14.2. The average molecular weight is 739 g/mol. The molecular formula is C36H40BrN11O2. The smallest absolute Gasteiger partial charge is 0.410 e. The number of hydrogen-bond donors (Lipinski definition) is 2. The molecule has 0 fully saturated rings. The molecule has 0 spiro atoms. The van der Waals surface area contributed by atoms with Crippen molar-refractivity contribution in [3.8, 4) is 0 Å². The number of nitrogens with zero attached hydrogens (tertiary/aromatic N) is 9. The zero-order valence-electron chi connectivity index (χ0n) is 28.8. The van der Waals surface area contributed by atoms with Gasteiger partial charge in [0.05, 0.1) is 25.7 Å². The molecule has 0 radical (unpaired) electrons. The molecule has 2 aromatic carbocycles. The van der Waals surface area contributed by atoms with E-state index in [1.807, 2.05) is 55.9 Å². The summed E-state index contributed by atoms with van der Waals surface area (Å²) in [5.41, 5.74) is 18.9. The minimum Gasteiger partial charge on any atom is -0.444 e. The van der Waals surface area contributed by atoms with Gasteiger partial charge in [0.2, 0.25) is 0 Å². The van der Waals surface area contributed by atoms with E-state index in [-0.39, 0.29) is 6.09 Å². The van der Waals surface area contributed by atoms with Crippen LogP contribution < -0.4 is 11.5 Å². The number of aromatic nitrogens is 8. The maximum absolute atomic E-state index is 12.2. The first kappa shape index (κ1) is 34.5. The molecule has 0 unspecified atom stereocenters. The van der Waals surface area contributed by atoms with Crippen LogP contribution in [-0.4, -0.2) is 68.7 Å². The minimum absolute atomic E-state index is 0.259. The van der Waals surface area contributed by atoms with Crippen molar-refractivity contribution >= 4 is 61.6 Å². The molecule has 1 aliphatic rings. The molecule has 4 aromatic heterocycles. The molecular weight excluding hydrogens is 698 g/mol. The summed E-state index contributed by atoms with van der Waals surface area (Å²) in [7, 11) is 0. The fraction of sp³-hybridized carbons (Fsp3) is 0.306. The molecule has 0 bridgehead atoms. The molecule has 14 heteroatoms. The maximum Gasteiger partial charge on any atom is 0.410 e. The molecule has 13 nitrogen and oxygen atoms in total. The van der Waals surface area contributed by atoms with Crippen molar-refractivity contribution in [2.24, 2.45) is 0 Å². The molecule has 50 heavy (non-hydrogen) atoms. The van der Waals surface area contributed by atoms with E-state index < -0.39 is 5.60 Å². The van der Waals surface area contributed by atoms with Crippen molar-refractivity contribution in [3.63, 3.8) is 0 Å². The third-order valence-electron chi connectivity index (χ3n) is 8.01. The van der Waals surface area contributed by atoms with Gasteiger partial charge < -0.3 is 30.2 Å². The van der Waals surface area contributed by atoms with Gasteiger partial charge in [0, 0.05) is 17.6 Å². The largest absolute Gasteiger partial charge is 0.444 e. The number of rotatable bonds is 5. The van der Waals surface area contributed by atoms with Gasteiger partial charge >= 0.3 is 6.09 Å². The SMILES string of the molecule is Cc1nc(N)c2ncn(Cc3ccc(Br)cc3)c2n1.Cc1nc(N)c2ncn(Cc3ccc(C4=CCN(C(=O)OC(C)(C)C)CC4)cc3)c2n1. The van der Waals surface area contributed by atoms with Crippen molar-refractivity contribution in [2.75, 3.05) is 24.6 Å². The zero-order valence-corrected chi connectivity index (χ0v) is 30.3. The summed E-state index contributed by atoms with van der Waals surface area (Å²) < 4.78 is 10.5. The van der Waals surface area contributed by atoms with E-state index in [0.717, 1.165) is 27.8 Å². The van der Waals surface area contributed by atoms with Gasteiger partial charge in [-0.3, -0.25) is 0 Å². The highest BCUT2D eigenvalue weighted by molar-refractivity contribution is 9.10. The Morgan fingerprint density at radius 1 is 0.800 bits per heavy atom. The Morgan fingerprint density at radius 2 is 1.30 bits per heavy atom. The molecule has 1 aliphatic heterocycles. The lowest BCUT2D eigenvalue weighted by Gasteiger charge is -2.29. The number of aryl methyl sites for hydroxylation is 2. The van der Waals surface area contributed by atoms with Crippen LogP contribution in [0.2, 0.25) is 0 Å². The topological polar surface area (TPSA) is 169 Å². The third-order valence-corrected chi connectivity index (χ3v) is 8.54. The van der Waals surface area contributed by atoms with Crippen LogP contribution in [-0.2, 0) is 17.8 Å². The van der Waals surface area contributed by atoms with Crippen LogP contribution in [0.4, 0.5) is 16.4 Å². The lowest BCUT2D eigenvalue weighted by atomic mass is 9.98. The Balaban J connectivity index is 0.000000194. The lowest BCUT2D eigenvalue weighted by molar-refractivity contribution is 0.0270. The van der Waals surface area contributed by atoms with E-state index in [2.05, 4.69) is 88.3 Å². The summed E-state index contributed by atoms with van der Waals surface area (Å²) in [6.07, 6.45) is 6.15. The van der Waals surface area contributed by atoms with Crippen molar-refractivity contribution in [1.29, 1.82) is 0 Å². The van der Waals surface area contributed by atoms with Gasteiger partial charge in [0.1, 0.15) is 28.3 Å². The van der Waals surface area contributed by atoms with Crippen LogP contribution in [0.15, 0.2) is 71.7 Å². The Hall–Kier alpha value is -5.37. The molecule has 258 valence electrons. The number of carbonyl (C=O) groups is 1. The zero-order chi connectivity index (χ0) is 35.6. The van der Waals surface area contributed by atoms with E-state index in [4.69, 9.17) is 16.2 Å². The van der Waals surface area contributed by atoms with Gasteiger partial charge in [-0.1, -0.05) is 58.4 Å². The van der Waals surface area contributed by atoms with Crippen LogP contribution in [0.25, 0.3) is 27.9 Å². The predicted molar refractivity (Wildman–Crippen MR) is 198 cm³/mol. The van der Waals surface area contributed by atoms with E-state index in [0.29, 0.717) is 60.5 Å². The number of nitrogens with two attached hydrogens (primary N) is 2. The molecule has 5 heterocycles. The van der Waals surface area contributed by atoms with Gasteiger partial charge in [-0.15, -0.1) is 0 Å². The fourth-order valence-corrected chi connectivity index (χ4v) is 5.89. The second-order valence-electron chi connectivity index (χ2n) is 13.1. The van der Waals surface area contributed by atoms with Crippen LogP contribution >= 0.6 is 15.9 Å². The summed E-state index contributed by atoms with van der Waals surface area (Å²) in [4.78, 5) is 39.8. The predicted octanol–water partition coefficient (Wildman–Crippen LogP) is 6.32. The van der Waals surface area contributed by atoms with Gasteiger partial charge in [-0.05, 0) is 75.4 Å². The molecule has 7 rings (SSSR count). The van der Waals surface area contributed by atoms with Gasteiger partial charge in [0.25, 0.3) is 0 Å². The molecule has 0 aliphatic carbocycles. The number of carbonyl (C=O) groups excluding carboxylic acids is 1. The Labute approximate surface area is 298 Å². The van der Waals surface area contributed by atoms with E-state index in [9.17, 15) is 4.79 Å². The van der Waals surface area contributed by atoms with Crippen LogP contribution in [0, 0.1) is 13.8 Å². The monoisotopic (exact) mass is 737 g/mol. The fourth-order valence-electron chi connectivity index (χ4n) is 5.62. The number of nitrogen functional groups attached to an aromatic ring is 2. The normalized spacial score (nSPS) is 13.2. The number of halogens is 1. The van der Waals surface area contributed by atoms with Crippen molar-refractivity contribution in [2.45, 2.75) is 59.7 Å². The summed E-state index contributed by atoms with van der Waals surface area (Å²) in [6.45, 7) is 11.9. The summed E-state index contributed by atoms with van der Waals surface area (Å²) in [5.74, 6) is 2.12. The summed E-state index contributed by atoms with van der Waals surface area (Å²) in [5, 5.41) is 0. The third kappa shape index (κ3) is 8.08. The first-order chi connectivity index (χ1) is 23.8. The highest BCUT2D eigenvalue weighted by atomic mass is 79.9. The average Bonchev–Trinajstić information content (AvgIpc) is 3.66. The number of fused-ring (bicyclic) bond motifs is 2. The highest BCUT2D eigenvalue weighted by Gasteiger charge is 2.24. The van der Waals surface area contributed by atoms with Crippen molar-refractivity contribution in [1.82, 2.24) is 43.9 Å². The van der Waals surface area contributed by atoms with E-state index >= 15 is 0 Å². The minimum atomic E-state index is -0.478. The second-order valence-corrected chi connectivity index (χ2v) is 14.0. The number of amides is 1. The number of anilines is 2. The van der Waals surface area contributed by atoms with Crippen molar-refractivity contribution in [3.05, 3.63) is 100 Å². The lowest BCUT2D eigenvalue weighted by Crippen LogP contribution is -2.39. The van der Waals surface area contributed by atoms with Crippen molar-refractivity contribution < 1.29 is 9.53 Å². The van der Waals surface area contributed by atoms with Crippen LogP contribution in [0.5, 0.6) is 0 Å². The van der Waals surface area contributed by atoms with Crippen LogP contribution in [0.3, 0.4) is 0 Å². The molecule has 4 N–H and O–H groups in total. The molecule has 0 saturated carbocycles. The number of benzene rings is 2. The van der Waals surface area contributed by atoms with E-state index in [1.165, 1.54) is 16.7 Å². The van der Waals surface area contributed by atoms with Crippen LogP contribution in [0.1, 0.15) is 55.5 Å². The molecule has 6 aromatic rings. The summed E-state index contributed by atoms with van der Waals surface area (Å²) in [6, 6.07) is 16.6. The number of imidazole rings is 2. The quantitative estimate of drug-likeness (QED) is 0.204. The maximum atomic E-state index is 12.2. The van der Waals surface area contributed by atoms with Gasteiger partial charge in [0.15, 0.2) is 22.9 Å². The highest BCUT2D eigenvalue weighted by Crippen LogP contribution is 2.25. The summed E-state index contributed by atoms with van der Waals surface area (Å²) >= 11 is 3.43. The number of hydrogen-bond acceptors (Lipinski definition) is 10. The molecule has 0 saturated heterocycles. The Morgan fingerprint density at radius 3 is 1.76 bits per heavy atom. The van der Waals surface area contributed by atoms with E-state index in [1.54, 1.807) is 17.6 Å². The first-order valence-corrected chi connectivity index (χ1v) is 17.0.